The lowest BCUT2D eigenvalue weighted by Crippen LogP contribution is -2.31. The molecule has 128 valence electrons. The molecule has 7 heteroatoms. The molecule has 0 saturated carbocycles. The Labute approximate surface area is 140 Å². The molecule has 0 radical (unpaired) electrons. The number of rotatable bonds is 5. The zero-order chi connectivity index (χ0) is 17.5. The number of amides is 1. The summed E-state index contributed by atoms with van der Waals surface area (Å²) in [6, 6.07) is 3.47. The van der Waals surface area contributed by atoms with Gasteiger partial charge < -0.3 is 20.5 Å². The Bertz CT molecular complexity index is 777. The Kier molecular flexibility index (Phi) is 3.96. The van der Waals surface area contributed by atoms with Crippen molar-refractivity contribution in [1.29, 1.82) is 0 Å². The molecule has 1 aromatic carbocycles. The quantitative estimate of drug-likeness (QED) is 0.817. The molecule has 3 rings (SSSR count). The van der Waals surface area contributed by atoms with Gasteiger partial charge in [0.2, 0.25) is 0 Å². The van der Waals surface area contributed by atoms with Crippen molar-refractivity contribution in [2.45, 2.75) is 32.4 Å². The van der Waals surface area contributed by atoms with Crippen LogP contribution < -0.4 is 10.5 Å². The van der Waals surface area contributed by atoms with E-state index in [0.717, 1.165) is 5.56 Å². The lowest BCUT2D eigenvalue weighted by atomic mass is 10.1. The monoisotopic (exact) mass is 330 g/mol. The topological polar surface area (TPSA) is 93.6 Å². The second-order valence-electron chi connectivity index (χ2n) is 6.79. The molecule has 1 aliphatic rings. The first kappa shape index (κ1) is 16.3. The lowest BCUT2D eigenvalue weighted by molar-refractivity contribution is 0.0517. The van der Waals surface area contributed by atoms with Gasteiger partial charge in [0.1, 0.15) is 0 Å². The number of aliphatic hydroxyl groups is 1. The molecule has 0 fully saturated rings. The predicted molar refractivity (Wildman–Crippen MR) is 89.8 cm³/mol. The summed E-state index contributed by atoms with van der Waals surface area (Å²) in [5, 5.41) is 13.9. The summed E-state index contributed by atoms with van der Waals surface area (Å²) in [5.74, 6) is 0.943. The van der Waals surface area contributed by atoms with Gasteiger partial charge in [-0.1, -0.05) is 0 Å². The van der Waals surface area contributed by atoms with Crippen molar-refractivity contribution in [2.75, 3.05) is 12.3 Å². The fourth-order valence-electron chi connectivity index (χ4n) is 2.68. The highest BCUT2D eigenvalue weighted by atomic mass is 16.5. The van der Waals surface area contributed by atoms with Crippen LogP contribution in [0.5, 0.6) is 11.5 Å². The SMILES string of the molecule is Cn1cc(Oc2cc3c(cc2N)CN(CCC(C)(C)O)C3=O)cn1. The van der Waals surface area contributed by atoms with E-state index in [-0.39, 0.29) is 5.91 Å². The normalized spacial score (nSPS) is 14.2. The molecule has 3 N–H and O–H groups in total. The van der Waals surface area contributed by atoms with E-state index in [1.807, 2.05) is 0 Å². The van der Waals surface area contributed by atoms with Crippen LogP contribution in [0.2, 0.25) is 0 Å². The third kappa shape index (κ3) is 3.35. The molecular formula is C17H22N4O3. The fraction of sp³-hybridized carbons (Fsp3) is 0.412. The van der Waals surface area contributed by atoms with E-state index in [1.54, 1.807) is 55.0 Å². The minimum absolute atomic E-state index is 0.0645. The van der Waals surface area contributed by atoms with E-state index in [9.17, 15) is 9.90 Å². The van der Waals surface area contributed by atoms with Crippen LogP contribution in [0.4, 0.5) is 5.69 Å². The van der Waals surface area contributed by atoms with Crippen LogP contribution >= 0.6 is 0 Å². The van der Waals surface area contributed by atoms with E-state index < -0.39 is 5.60 Å². The molecule has 2 aromatic rings. The summed E-state index contributed by atoms with van der Waals surface area (Å²) in [4.78, 5) is 14.3. The van der Waals surface area contributed by atoms with Gasteiger partial charge in [0, 0.05) is 25.7 Å². The summed E-state index contributed by atoms with van der Waals surface area (Å²) in [6.07, 6.45) is 3.83. The summed E-state index contributed by atoms with van der Waals surface area (Å²) in [6.45, 7) is 4.47. The van der Waals surface area contributed by atoms with Crippen LogP contribution in [0, 0.1) is 0 Å². The summed E-state index contributed by atoms with van der Waals surface area (Å²) in [5.41, 5.74) is 7.22. The Morgan fingerprint density at radius 3 is 2.79 bits per heavy atom. The van der Waals surface area contributed by atoms with Gasteiger partial charge in [-0.15, -0.1) is 0 Å². The molecule has 0 unspecified atom stereocenters. The van der Waals surface area contributed by atoms with Gasteiger partial charge in [-0.25, -0.2) is 0 Å². The van der Waals surface area contributed by atoms with Gasteiger partial charge in [0.15, 0.2) is 11.5 Å². The van der Waals surface area contributed by atoms with Gasteiger partial charge >= 0.3 is 0 Å². The largest absolute Gasteiger partial charge is 0.452 e. The van der Waals surface area contributed by atoms with Gasteiger partial charge in [-0.2, -0.15) is 5.10 Å². The number of aromatic nitrogens is 2. The number of aryl methyl sites for hydroxylation is 1. The third-order valence-electron chi connectivity index (χ3n) is 4.02. The molecule has 0 spiro atoms. The molecular weight excluding hydrogens is 308 g/mol. The number of nitrogens with zero attached hydrogens (tertiary/aromatic N) is 3. The molecule has 1 aromatic heterocycles. The molecule has 7 nitrogen and oxygen atoms in total. The minimum Gasteiger partial charge on any atom is -0.452 e. The van der Waals surface area contributed by atoms with Crippen molar-refractivity contribution >= 4 is 11.6 Å². The van der Waals surface area contributed by atoms with Crippen molar-refractivity contribution in [3.8, 4) is 11.5 Å². The first-order valence-corrected chi connectivity index (χ1v) is 7.83. The number of ether oxygens (including phenoxy) is 1. The summed E-state index contributed by atoms with van der Waals surface area (Å²) >= 11 is 0. The average Bonchev–Trinajstić information content (AvgIpc) is 3.01. The molecule has 1 aliphatic heterocycles. The highest BCUT2D eigenvalue weighted by Gasteiger charge is 2.30. The number of benzene rings is 1. The summed E-state index contributed by atoms with van der Waals surface area (Å²) < 4.78 is 7.36. The maximum Gasteiger partial charge on any atom is 0.254 e. The Morgan fingerprint density at radius 1 is 1.42 bits per heavy atom. The van der Waals surface area contributed by atoms with Crippen LogP contribution in [0.25, 0.3) is 0 Å². The lowest BCUT2D eigenvalue weighted by Gasteiger charge is -2.22. The third-order valence-corrected chi connectivity index (χ3v) is 4.02. The van der Waals surface area contributed by atoms with Crippen molar-refractivity contribution in [3.05, 3.63) is 35.7 Å². The van der Waals surface area contributed by atoms with E-state index in [4.69, 9.17) is 10.5 Å². The highest BCUT2D eigenvalue weighted by Crippen LogP contribution is 2.34. The zero-order valence-corrected chi connectivity index (χ0v) is 14.1. The van der Waals surface area contributed by atoms with Gasteiger partial charge in [-0.3, -0.25) is 9.48 Å². The maximum absolute atomic E-state index is 12.6. The number of carbonyl (C=O) groups excluding carboxylic acids is 1. The number of hydrogen-bond acceptors (Lipinski definition) is 5. The molecule has 1 amide bonds. The second kappa shape index (κ2) is 5.83. The number of nitrogens with two attached hydrogens (primary N) is 1. The van der Waals surface area contributed by atoms with E-state index in [0.29, 0.717) is 42.3 Å². The molecule has 0 saturated heterocycles. The van der Waals surface area contributed by atoms with Crippen molar-refractivity contribution in [1.82, 2.24) is 14.7 Å². The maximum atomic E-state index is 12.6. The number of nitrogen functional groups attached to an aromatic ring is 1. The standard InChI is InChI=1S/C17H22N4O3/c1-17(2,23)4-5-21-9-11-6-14(18)15(7-13(11)16(21)22)24-12-8-19-20(3)10-12/h6-8,10,23H,4-5,9,18H2,1-3H3. The van der Waals surface area contributed by atoms with Crippen LogP contribution in [0.1, 0.15) is 36.2 Å². The van der Waals surface area contributed by atoms with E-state index in [1.165, 1.54) is 0 Å². The van der Waals surface area contributed by atoms with Crippen LogP contribution in [0.15, 0.2) is 24.5 Å². The predicted octanol–water partition coefficient (Wildman–Crippen LogP) is 1.91. The van der Waals surface area contributed by atoms with Crippen molar-refractivity contribution in [3.63, 3.8) is 0 Å². The number of anilines is 1. The Balaban J connectivity index is 1.79. The van der Waals surface area contributed by atoms with Gasteiger partial charge in [-0.05, 0) is 38.0 Å². The van der Waals surface area contributed by atoms with Crippen LogP contribution in [-0.2, 0) is 13.6 Å². The number of carbonyl (C=O) groups is 1. The van der Waals surface area contributed by atoms with E-state index in [2.05, 4.69) is 5.10 Å². The smallest absolute Gasteiger partial charge is 0.254 e. The average molecular weight is 330 g/mol. The second-order valence-corrected chi connectivity index (χ2v) is 6.79. The molecule has 24 heavy (non-hydrogen) atoms. The molecule has 0 aliphatic carbocycles. The van der Waals surface area contributed by atoms with Gasteiger partial charge in [0.25, 0.3) is 5.91 Å². The van der Waals surface area contributed by atoms with Crippen LogP contribution in [0.3, 0.4) is 0 Å². The number of hydrogen-bond donors (Lipinski definition) is 2. The molecule has 2 heterocycles. The van der Waals surface area contributed by atoms with Crippen molar-refractivity contribution in [2.24, 2.45) is 7.05 Å². The zero-order valence-electron chi connectivity index (χ0n) is 14.1. The van der Waals surface area contributed by atoms with Gasteiger partial charge in [0.05, 0.1) is 23.7 Å². The molecule has 0 atom stereocenters. The first-order valence-electron chi connectivity index (χ1n) is 7.83. The Hall–Kier alpha value is -2.54. The highest BCUT2D eigenvalue weighted by molar-refractivity contribution is 5.99. The van der Waals surface area contributed by atoms with Crippen molar-refractivity contribution < 1.29 is 14.6 Å². The number of fused-ring (bicyclic) bond motifs is 1. The fourth-order valence-corrected chi connectivity index (χ4v) is 2.68. The first-order chi connectivity index (χ1) is 11.2. The minimum atomic E-state index is -0.803. The molecule has 0 bridgehead atoms. The van der Waals surface area contributed by atoms with E-state index >= 15 is 0 Å². The van der Waals surface area contributed by atoms with Crippen LogP contribution in [-0.4, -0.2) is 37.8 Å². The Morgan fingerprint density at radius 2 is 2.17 bits per heavy atom. The summed E-state index contributed by atoms with van der Waals surface area (Å²) in [7, 11) is 1.79.